The van der Waals surface area contributed by atoms with Gasteiger partial charge in [0.25, 0.3) is 0 Å². The van der Waals surface area contributed by atoms with Crippen molar-refractivity contribution in [2.24, 2.45) is 5.92 Å². The van der Waals surface area contributed by atoms with Crippen LogP contribution in [0.15, 0.2) is 54.9 Å². The molecule has 3 aromatic rings. The van der Waals surface area contributed by atoms with Crippen LogP contribution in [0.3, 0.4) is 0 Å². The Morgan fingerprint density at radius 3 is 2.70 bits per heavy atom. The van der Waals surface area contributed by atoms with Crippen molar-refractivity contribution < 1.29 is 9.18 Å². The van der Waals surface area contributed by atoms with Crippen molar-refractivity contribution in [3.63, 3.8) is 0 Å². The Labute approximate surface area is 160 Å². The van der Waals surface area contributed by atoms with E-state index in [9.17, 15) is 9.18 Å². The van der Waals surface area contributed by atoms with E-state index < -0.39 is 12.0 Å². The van der Waals surface area contributed by atoms with Crippen molar-refractivity contribution in [2.45, 2.75) is 19.0 Å². The number of aromatic nitrogens is 3. The molecule has 138 valence electrons. The van der Waals surface area contributed by atoms with E-state index in [4.69, 9.17) is 11.6 Å². The van der Waals surface area contributed by atoms with Crippen LogP contribution in [0.25, 0.3) is 0 Å². The summed E-state index contributed by atoms with van der Waals surface area (Å²) in [6.07, 6.45) is 1.39. The van der Waals surface area contributed by atoms with Crippen molar-refractivity contribution >= 4 is 29.1 Å². The zero-order valence-electron chi connectivity index (χ0n) is 14.4. The van der Waals surface area contributed by atoms with Crippen LogP contribution in [-0.4, -0.2) is 26.7 Å². The number of fused-ring (bicyclic) bond motifs is 1. The van der Waals surface area contributed by atoms with Gasteiger partial charge < -0.3 is 10.6 Å². The quantitative estimate of drug-likeness (QED) is 0.720. The maximum atomic E-state index is 14.6. The molecule has 6 nitrogen and oxygen atoms in total. The maximum Gasteiger partial charge on any atom is 0.232 e. The van der Waals surface area contributed by atoms with Crippen LogP contribution >= 0.6 is 11.6 Å². The molecule has 1 aliphatic rings. The predicted octanol–water partition coefficient (Wildman–Crippen LogP) is 3.73. The number of rotatable bonds is 3. The van der Waals surface area contributed by atoms with Crippen LogP contribution in [-0.2, 0) is 4.79 Å². The standard InChI is InChI=1S/C19H17ClFN5O/c1-11-16(18(27)25-13-8-6-12(20)7-9-13)17(14-4-2-3-5-15(14)21)26-19(24-11)22-10-23-26/h2-11,16-17H,1H3,(H,25,27)(H,22,23,24)/t11-,16-,17-/m0/s1. The van der Waals surface area contributed by atoms with Gasteiger partial charge in [-0.1, -0.05) is 29.8 Å². The Morgan fingerprint density at radius 2 is 1.96 bits per heavy atom. The van der Waals surface area contributed by atoms with Gasteiger partial charge in [-0.25, -0.2) is 9.07 Å². The van der Waals surface area contributed by atoms with Crippen LogP contribution < -0.4 is 10.6 Å². The third-order valence-electron chi connectivity index (χ3n) is 4.71. The summed E-state index contributed by atoms with van der Waals surface area (Å²) in [6, 6.07) is 12.4. The molecule has 0 saturated carbocycles. The second-order valence-corrected chi connectivity index (χ2v) is 6.89. The first-order chi connectivity index (χ1) is 13.0. The number of benzene rings is 2. The number of carbonyl (C=O) groups is 1. The van der Waals surface area contributed by atoms with E-state index in [1.165, 1.54) is 12.4 Å². The molecule has 0 saturated heterocycles. The number of nitrogens with one attached hydrogen (secondary N) is 2. The molecule has 0 unspecified atom stereocenters. The number of hydrogen-bond donors (Lipinski definition) is 2. The van der Waals surface area contributed by atoms with Gasteiger partial charge in [0.1, 0.15) is 12.1 Å². The van der Waals surface area contributed by atoms with Crippen molar-refractivity contribution in [1.29, 1.82) is 0 Å². The van der Waals surface area contributed by atoms with Gasteiger partial charge in [0, 0.05) is 22.3 Å². The average molecular weight is 386 g/mol. The number of hydrogen-bond acceptors (Lipinski definition) is 4. The zero-order valence-corrected chi connectivity index (χ0v) is 15.2. The molecular weight excluding hydrogens is 369 g/mol. The highest BCUT2D eigenvalue weighted by molar-refractivity contribution is 6.30. The highest BCUT2D eigenvalue weighted by atomic mass is 35.5. The molecule has 0 radical (unpaired) electrons. The Morgan fingerprint density at radius 1 is 1.22 bits per heavy atom. The number of anilines is 2. The minimum absolute atomic E-state index is 0.244. The first-order valence-corrected chi connectivity index (χ1v) is 8.89. The molecule has 0 fully saturated rings. The van der Waals surface area contributed by atoms with Gasteiger partial charge in [0.05, 0.1) is 12.0 Å². The van der Waals surface area contributed by atoms with Gasteiger partial charge in [-0.15, -0.1) is 0 Å². The lowest BCUT2D eigenvalue weighted by Crippen LogP contribution is -2.46. The Bertz CT molecular complexity index is 974. The number of halogens is 2. The zero-order chi connectivity index (χ0) is 19.0. The van der Waals surface area contributed by atoms with Gasteiger partial charge in [0.15, 0.2) is 0 Å². The molecule has 3 atom stereocenters. The summed E-state index contributed by atoms with van der Waals surface area (Å²) in [6.45, 7) is 1.87. The lowest BCUT2D eigenvalue weighted by atomic mass is 9.85. The van der Waals surface area contributed by atoms with Crippen molar-refractivity contribution in [3.05, 3.63) is 71.3 Å². The van der Waals surface area contributed by atoms with Crippen LogP contribution in [0.5, 0.6) is 0 Å². The molecule has 2 aromatic carbocycles. The minimum atomic E-state index is -0.618. The topological polar surface area (TPSA) is 71.8 Å². The summed E-state index contributed by atoms with van der Waals surface area (Å²) >= 11 is 5.90. The lowest BCUT2D eigenvalue weighted by molar-refractivity contribution is -0.121. The first-order valence-electron chi connectivity index (χ1n) is 8.51. The molecule has 2 N–H and O–H groups in total. The fourth-order valence-corrected chi connectivity index (χ4v) is 3.57. The fourth-order valence-electron chi connectivity index (χ4n) is 3.45. The fraction of sp³-hybridized carbons (Fsp3) is 0.211. The van der Waals surface area contributed by atoms with Crippen molar-refractivity contribution in [3.8, 4) is 0 Å². The molecule has 1 aliphatic heterocycles. The Kier molecular flexibility index (Phi) is 4.53. The third kappa shape index (κ3) is 3.26. The molecule has 4 rings (SSSR count). The number of carbonyl (C=O) groups excluding carboxylic acids is 1. The summed E-state index contributed by atoms with van der Waals surface area (Å²) in [5.74, 6) is -0.729. The number of amides is 1. The second-order valence-electron chi connectivity index (χ2n) is 6.45. The molecule has 0 aliphatic carbocycles. The van der Waals surface area contributed by atoms with Crippen LogP contribution in [0.1, 0.15) is 18.5 Å². The van der Waals surface area contributed by atoms with Crippen molar-refractivity contribution in [1.82, 2.24) is 14.8 Å². The van der Waals surface area contributed by atoms with E-state index in [1.54, 1.807) is 47.1 Å². The van der Waals surface area contributed by atoms with Gasteiger partial charge in [-0.3, -0.25) is 4.79 Å². The molecule has 8 heteroatoms. The van der Waals surface area contributed by atoms with Gasteiger partial charge >= 0.3 is 0 Å². The molecule has 0 spiro atoms. The largest absolute Gasteiger partial charge is 0.351 e. The summed E-state index contributed by atoms with van der Waals surface area (Å²) in [5.41, 5.74) is 1.02. The monoisotopic (exact) mass is 385 g/mol. The van der Waals surface area contributed by atoms with E-state index in [2.05, 4.69) is 20.7 Å². The average Bonchev–Trinajstić information content (AvgIpc) is 3.11. The molecule has 1 amide bonds. The SMILES string of the molecule is C[C@@H]1Nc2ncnn2[C@@H](c2ccccc2F)[C@H]1C(=O)Nc1ccc(Cl)cc1. The van der Waals surface area contributed by atoms with Crippen LogP contribution in [0, 0.1) is 11.7 Å². The molecule has 0 bridgehead atoms. The molecule has 1 aromatic heterocycles. The summed E-state index contributed by atoms with van der Waals surface area (Å²) in [4.78, 5) is 17.3. The Balaban J connectivity index is 1.73. The number of nitrogens with zero attached hydrogens (tertiary/aromatic N) is 3. The Hall–Kier alpha value is -2.93. The minimum Gasteiger partial charge on any atom is -0.351 e. The lowest BCUT2D eigenvalue weighted by Gasteiger charge is -2.36. The summed E-state index contributed by atoms with van der Waals surface area (Å²) < 4.78 is 16.1. The van der Waals surface area contributed by atoms with Crippen LogP contribution in [0.4, 0.5) is 16.0 Å². The second kappa shape index (κ2) is 7.00. The summed E-state index contributed by atoms with van der Waals surface area (Å²) in [5, 5.41) is 10.9. The first kappa shape index (κ1) is 17.5. The van der Waals surface area contributed by atoms with Gasteiger partial charge in [0.2, 0.25) is 11.9 Å². The summed E-state index contributed by atoms with van der Waals surface area (Å²) in [7, 11) is 0. The normalized spacial score (nSPS) is 21.2. The molecular formula is C19H17ClFN5O. The molecule has 2 heterocycles. The third-order valence-corrected chi connectivity index (χ3v) is 4.96. The predicted molar refractivity (Wildman–Crippen MR) is 101 cm³/mol. The van der Waals surface area contributed by atoms with E-state index in [1.807, 2.05) is 6.92 Å². The smallest absolute Gasteiger partial charge is 0.232 e. The van der Waals surface area contributed by atoms with Crippen molar-refractivity contribution in [2.75, 3.05) is 10.6 Å². The highest BCUT2D eigenvalue weighted by Crippen LogP contribution is 2.37. The van der Waals surface area contributed by atoms with E-state index >= 15 is 0 Å². The molecule has 27 heavy (non-hydrogen) atoms. The van der Waals surface area contributed by atoms with E-state index in [0.29, 0.717) is 22.2 Å². The van der Waals surface area contributed by atoms with E-state index in [-0.39, 0.29) is 17.8 Å². The van der Waals surface area contributed by atoms with Gasteiger partial charge in [-0.2, -0.15) is 10.1 Å². The maximum absolute atomic E-state index is 14.6. The van der Waals surface area contributed by atoms with E-state index in [0.717, 1.165) is 0 Å². The highest BCUT2D eigenvalue weighted by Gasteiger charge is 2.42. The van der Waals surface area contributed by atoms with Crippen LogP contribution in [0.2, 0.25) is 5.02 Å². The van der Waals surface area contributed by atoms with Gasteiger partial charge in [-0.05, 0) is 37.3 Å².